The molecule has 2 N–H and O–H groups in total. The number of aromatic nitrogens is 2. The summed E-state index contributed by atoms with van der Waals surface area (Å²) >= 11 is 0. The Morgan fingerprint density at radius 1 is 1.17 bits per heavy atom. The fourth-order valence-electron chi connectivity index (χ4n) is 2.79. The first kappa shape index (κ1) is 18.0. The molecular formula is C19H26N2O3. The molecule has 0 aliphatic carbocycles. The van der Waals surface area contributed by atoms with Crippen molar-refractivity contribution in [3.63, 3.8) is 0 Å². The van der Waals surface area contributed by atoms with Gasteiger partial charge in [0, 0.05) is 5.56 Å². The van der Waals surface area contributed by atoms with Gasteiger partial charge in [-0.05, 0) is 36.6 Å². The SMILES string of the molecule is CCCCCCCCc1ccc(OC)c(-c2cc(C(=O)O)[nH]n2)c1. The van der Waals surface area contributed by atoms with Crippen LogP contribution in [0.5, 0.6) is 5.75 Å². The van der Waals surface area contributed by atoms with E-state index >= 15 is 0 Å². The first-order valence-electron chi connectivity index (χ1n) is 8.61. The predicted octanol–water partition coefficient (Wildman–Crippen LogP) is 4.69. The van der Waals surface area contributed by atoms with E-state index in [-0.39, 0.29) is 5.69 Å². The van der Waals surface area contributed by atoms with Crippen molar-refractivity contribution in [1.29, 1.82) is 0 Å². The van der Waals surface area contributed by atoms with Crippen molar-refractivity contribution >= 4 is 5.97 Å². The molecular weight excluding hydrogens is 304 g/mol. The molecule has 0 fully saturated rings. The maximum Gasteiger partial charge on any atom is 0.353 e. The summed E-state index contributed by atoms with van der Waals surface area (Å²) in [4.78, 5) is 11.0. The van der Waals surface area contributed by atoms with Crippen LogP contribution in [0.3, 0.4) is 0 Å². The monoisotopic (exact) mass is 330 g/mol. The largest absolute Gasteiger partial charge is 0.496 e. The summed E-state index contributed by atoms with van der Waals surface area (Å²) in [6.07, 6.45) is 8.61. The quantitative estimate of drug-likeness (QED) is 0.620. The van der Waals surface area contributed by atoms with E-state index < -0.39 is 5.97 Å². The highest BCUT2D eigenvalue weighted by molar-refractivity contribution is 5.87. The number of benzene rings is 1. The summed E-state index contributed by atoms with van der Waals surface area (Å²) in [7, 11) is 1.61. The van der Waals surface area contributed by atoms with Gasteiger partial charge in [0.25, 0.3) is 0 Å². The zero-order valence-electron chi connectivity index (χ0n) is 14.5. The molecule has 130 valence electrons. The van der Waals surface area contributed by atoms with Crippen molar-refractivity contribution in [1.82, 2.24) is 10.2 Å². The van der Waals surface area contributed by atoms with Crippen LogP contribution in [0.1, 0.15) is 61.5 Å². The smallest absolute Gasteiger partial charge is 0.353 e. The van der Waals surface area contributed by atoms with Gasteiger partial charge in [-0.15, -0.1) is 0 Å². The first-order valence-corrected chi connectivity index (χ1v) is 8.61. The van der Waals surface area contributed by atoms with E-state index in [0.717, 1.165) is 18.4 Å². The number of rotatable bonds is 10. The molecule has 5 nitrogen and oxygen atoms in total. The average molecular weight is 330 g/mol. The molecule has 2 rings (SSSR count). The highest BCUT2D eigenvalue weighted by Crippen LogP contribution is 2.30. The van der Waals surface area contributed by atoms with Gasteiger partial charge in [-0.2, -0.15) is 5.10 Å². The lowest BCUT2D eigenvalue weighted by Crippen LogP contribution is -1.95. The normalized spacial score (nSPS) is 10.8. The second-order valence-electron chi connectivity index (χ2n) is 6.02. The Morgan fingerprint density at radius 2 is 1.92 bits per heavy atom. The van der Waals surface area contributed by atoms with Crippen LogP contribution in [-0.4, -0.2) is 28.4 Å². The molecule has 0 saturated carbocycles. The van der Waals surface area contributed by atoms with Crippen LogP contribution in [-0.2, 0) is 6.42 Å². The highest BCUT2D eigenvalue weighted by atomic mass is 16.5. The molecule has 0 radical (unpaired) electrons. The van der Waals surface area contributed by atoms with Gasteiger partial charge >= 0.3 is 5.97 Å². The zero-order valence-corrected chi connectivity index (χ0v) is 14.5. The van der Waals surface area contributed by atoms with Crippen molar-refractivity contribution in [2.75, 3.05) is 7.11 Å². The van der Waals surface area contributed by atoms with Crippen molar-refractivity contribution in [2.24, 2.45) is 0 Å². The summed E-state index contributed by atoms with van der Waals surface area (Å²) in [6, 6.07) is 7.58. The maximum absolute atomic E-state index is 11.0. The number of hydrogen-bond donors (Lipinski definition) is 2. The molecule has 1 heterocycles. The lowest BCUT2D eigenvalue weighted by atomic mass is 10.0. The van der Waals surface area contributed by atoms with Gasteiger partial charge in [0.15, 0.2) is 0 Å². The number of nitrogens with zero attached hydrogens (tertiary/aromatic N) is 1. The van der Waals surface area contributed by atoms with Crippen molar-refractivity contribution in [3.05, 3.63) is 35.5 Å². The minimum absolute atomic E-state index is 0.0772. The third kappa shape index (κ3) is 4.85. The van der Waals surface area contributed by atoms with E-state index in [4.69, 9.17) is 9.84 Å². The van der Waals surface area contributed by atoms with E-state index in [1.807, 2.05) is 12.1 Å². The van der Waals surface area contributed by atoms with E-state index in [1.165, 1.54) is 43.7 Å². The fourth-order valence-corrected chi connectivity index (χ4v) is 2.79. The van der Waals surface area contributed by atoms with Crippen molar-refractivity contribution < 1.29 is 14.6 Å². The van der Waals surface area contributed by atoms with Gasteiger partial charge in [-0.3, -0.25) is 5.10 Å². The number of aryl methyl sites for hydroxylation is 1. The molecule has 0 unspecified atom stereocenters. The van der Waals surface area contributed by atoms with Gasteiger partial charge in [-0.1, -0.05) is 45.1 Å². The average Bonchev–Trinajstić information content (AvgIpc) is 3.08. The third-order valence-corrected chi connectivity index (χ3v) is 4.17. The van der Waals surface area contributed by atoms with E-state index in [1.54, 1.807) is 7.11 Å². The number of carboxylic acids is 1. The van der Waals surface area contributed by atoms with Gasteiger partial charge < -0.3 is 9.84 Å². The summed E-state index contributed by atoms with van der Waals surface area (Å²) in [6.45, 7) is 2.23. The summed E-state index contributed by atoms with van der Waals surface area (Å²) < 4.78 is 5.39. The number of methoxy groups -OCH3 is 1. The number of nitrogens with one attached hydrogen (secondary N) is 1. The number of ether oxygens (including phenoxy) is 1. The van der Waals surface area contributed by atoms with Crippen LogP contribution < -0.4 is 4.74 Å². The van der Waals surface area contributed by atoms with E-state index in [0.29, 0.717) is 11.4 Å². The maximum atomic E-state index is 11.0. The standard InChI is InChI=1S/C19H26N2O3/c1-3-4-5-6-7-8-9-14-10-11-18(24-2)15(12-14)16-13-17(19(22)23)21-20-16/h10-13H,3-9H2,1-2H3,(H,20,21)(H,22,23). The molecule has 0 bridgehead atoms. The molecule has 0 atom stereocenters. The van der Waals surface area contributed by atoms with Crippen LogP contribution in [0, 0.1) is 0 Å². The molecule has 24 heavy (non-hydrogen) atoms. The highest BCUT2D eigenvalue weighted by Gasteiger charge is 2.13. The number of aromatic carboxylic acids is 1. The molecule has 1 aromatic carbocycles. The van der Waals surface area contributed by atoms with Crippen LogP contribution in [0.25, 0.3) is 11.3 Å². The number of H-pyrrole nitrogens is 1. The molecule has 0 amide bonds. The second kappa shape index (κ2) is 9.11. The molecule has 0 aliphatic rings. The number of unbranched alkanes of at least 4 members (excludes halogenated alkanes) is 5. The van der Waals surface area contributed by atoms with Crippen LogP contribution in [0.4, 0.5) is 0 Å². The number of carbonyl (C=O) groups is 1. The Hall–Kier alpha value is -2.30. The topological polar surface area (TPSA) is 75.2 Å². The van der Waals surface area contributed by atoms with Gasteiger partial charge in [0.1, 0.15) is 11.4 Å². The van der Waals surface area contributed by atoms with E-state index in [2.05, 4.69) is 23.2 Å². The minimum atomic E-state index is -1.02. The van der Waals surface area contributed by atoms with Crippen molar-refractivity contribution in [2.45, 2.75) is 51.9 Å². The minimum Gasteiger partial charge on any atom is -0.496 e. The van der Waals surface area contributed by atoms with Gasteiger partial charge in [0.05, 0.1) is 12.8 Å². The molecule has 2 aromatic rings. The summed E-state index contributed by atoms with van der Waals surface area (Å²) in [5.41, 5.74) is 2.72. The lowest BCUT2D eigenvalue weighted by molar-refractivity contribution is 0.0690. The molecule has 5 heteroatoms. The molecule has 0 spiro atoms. The summed E-state index contributed by atoms with van der Waals surface area (Å²) in [5, 5.41) is 15.7. The van der Waals surface area contributed by atoms with Gasteiger partial charge in [0.2, 0.25) is 0 Å². The molecule has 0 aliphatic heterocycles. The Morgan fingerprint density at radius 3 is 2.58 bits per heavy atom. The number of aromatic amines is 1. The van der Waals surface area contributed by atoms with Gasteiger partial charge in [-0.25, -0.2) is 4.79 Å². The molecule has 1 aromatic heterocycles. The zero-order chi connectivity index (χ0) is 17.4. The number of carboxylic acid groups (broad SMARTS) is 1. The Bertz CT molecular complexity index is 664. The van der Waals surface area contributed by atoms with Crippen LogP contribution in [0.15, 0.2) is 24.3 Å². The summed E-state index contributed by atoms with van der Waals surface area (Å²) in [5.74, 6) is -0.318. The second-order valence-corrected chi connectivity index (χ2v) is 6.02. The third-order valence-electron chi connectivity index (χ3n) is 4.17. The Balaban J connectivity index is 2.05. The van der Waals surface area contributed by atoms with Crippen LogP contribution >= 0.6 is 0 Å². The fraction of sp³-hybridized carbons (Fsp3) is 0.474. The van der Waals surface area contributed by atoms with Crippen molar-refractivity contribution in [3.8, 4) is 17.0 Å². The molecule has 0 saturated heterocycles. The lowest BCUT2D eigenvalue weighted by Gasteiger charge is -2.09. The number of hydrogen-bond acceptors (Lipinski definition) is 3. The van der Waals surface area contributed by atoms with E-state index in [9.17, 15) is 4.79 Å². The Kier molecular flexibility index (Phi) is 6.85. The van der Waals surface area contributed by atoms with Crippen LogP contribution in [0.2, 0.25) is 0 Å². The first-order chi connectivity index (χ1) is 11.7. The Labute approximate surface area is 143 Å². The predicted molar refractivity (Wildman–Crippen MR) is 94.6 cm³/mol.